The maximum Gasteiger partial charge on any atom is 0.416 e. The molecule has 0 spiro atoms. The summed E-state index contributed by atoms with van der Waals surface area (Å²) in [5, 5.41) is 0. The van der Waals surface area contributed by atoms with Crippen molar-refractivity contribution in [2.24, 2.45) is 0 Å². The standard InChI is InChI=1S/C15H13F3O3S/c1-11-4-2-5-12(8-11)10-22(19,20)21-14-7-3-6-13(9-14)15(16,17)18/h2-9H,10H2,1H3. The van der Waals surface area contributed by atoms with Crippen LogP contribution in [0.25, 0.3) is 0 Å². The maximum absolute atomic E-state index is 12.6. The molecule has 3 nitrogen and oxygen atoms in total. The zero-order valence-electron chi connectivity index (χ0n) is 11.6. The summed E-state index contributed by atoms with van der Waals surface area (Å²) in [7, 11) is -4.03. The number of alkyl halides is 3. The Morgan fingerprint density at radius 3 is 2.36 bits per heavy atom. The molecule has 0 amide bonds. The van der Waals surface area contributed by atoms with Crippen LogP contribution >= 0.6 is 0 Å². The van der Waals surface area contributed by atoms with Crippen LogP contribution in [0.5, 0.6) is 5.75 Å². The van der Waals surface area contributed by atoms with E-state index in [-0.39, 0.29) is 5.75 Å². The van der Waals surface area contributed by atoms with Crippen LogP contribution in [0.15, 0.2) is 48.5 Å². The lowest BCUT2D eigenvalue weighted by atomic mass is 10.2. The van der Waals surface area contributed by atoms with Crippen molar-refractivity contribution in [2.45, 2.75) is 18.9 Å². The van der Waals surface area contributed by atoms with E-state index in [2.05, 4.69) is 0 Å². The first kappa shape index (κ1) is 16.4. The summed E-state index contributed by atoms with van der Waals surface area (Å²) in [5.41, 5.74) is 0.425. The first-order valence-corrected chi connectivity index (χ1v) is 7.88. The molecule has 0 radical (unpaired) electrons. The molecular weight excluding hydrogens is 317 g/mol. The largest absolute Gasteiger partial charge is 0.416 e. The Kier molecular flexibility index (Phi) is 4.46. The Labute approximate surface area is 126 Å². The van der Waals surface area contributed by atoms with E-state index in [1.165, 1.54) is 6.07 Å². The molecule has 0 aromatic heterocycles. The van der Waals surface area contributed by atoms with Crippen molar-refractivity contribution in [1.82, 2.24) is 0 Å². The van der Waals surface area contributed by atoms with Crippen LogP contribution in [-0.2, 0) is 22.0 Å². The normalized spacial score (nSPS) is 12.2. The van der Waals surface area contributed by atoms with Crippen LogP contribution in [0.2, 0.25) is 0 Å². The molecule has 7 heteroatoms. The van der Waals surface area contributed by atoms with Gasteiger partial charge in [0, 0.05) is 0 Å². The van der Waals surface area contributed by atoms with Gasteiger partial charge in [0.15, 0.2) is 0 Å². The lowest BCUT2D eigenvalue weighted by Gasteiger charge is -2.10. The molecule has 0 unspecified atom stereocenters. The second kappa shape index (κ2) is 6.00. The highest BCUT2D eigenvalue weighted by Gasteiger charge is 2.31. The second-order valence-electron chi connectivity index (χ2n) is 4.80. The fourth-order valence-corrected chi connectivity index (χ4v) is 2.95. The highest BCUT2D eigenvalue weighted by molar-refractivity contribution is 7.86. The van der Waals surface area contributed by atoms with Crippen molar-refractivity contribution in [2.75, 3.05) is 0 Å². The molecule has 0 heterocycles. The maximum atomic E-state index is 12.6. The molecule has 118 valence electrons. The van der Waals surface area contributed by atoms with Crippen LogP contribution < -0.4 is 4.18 Å². The van der Waals surface area contributed by atoms with E-state index < -0.39 is 27.6 Å². The van der Waals surface area contributed by atoms with E-state index in [0.29, 0.717) is 11.6 Å². The highest BCUT2D eigenvalue weighted by atomic mass is 32.2. The fraction of sp³-hybridized carbons (Fsp3) is 0.200. The van der Waals surface area contributed by atoms with E-state index in [0.717, 1.165) is 17.7 Å². The SMILES string of the molecule is Cc1cccc(CS(=O)(=O)Oc2cccc(C(F)(F)F)c2)c1. The number of benzene rings is 2. The van der Waals surface area contributed by atoms with Crippen molar-refractivity contribution in [3.05, 3.63) is 65.2 Å². The second-order valence-corrected chi connectivity index (χ2v) is 6.37. The minimum absolute atomic E-state index is 0.359. The Morgan fingerprint density at radius 1 is 1.05 bits per heavy atom. The summed E-state index contributed by atoms with van der Waals surface area (Å²) >= 11 is 0. The summed E-state index contributed by atoms with van der Waals surface area (Å²) in [4.78, 5) is 0. The molecule has 0 aliphatic rings. The first-order valence-electron chi connectivity index (χ1n) is 6.31. The lowest BCUT2D eigenvalue weighted by Crippen LogP contribution is -2.13. The Balaban J connectivity index is 2.19. The van der Waals surface area contributed by atoms with E-state index in [9.17, 15) is 21.6 Å². The quantitative estimate of drug-likeness (QED) is 0.798. The number of halogens is 3. The zero-order valence-corrected chi connectivity index (χ0v) is 12.4. The molecular formula is C15H13F3O3S. The van der Waals surface area contributed by atoms with Gasteiger partial charge in [-0.3, -0.25) is 0 Å². The zero-order chi connectivity index (χ0) is 16.4. The molecule has 2 rings (SSSR count). The summed E-state index contributed by atoms with van der Waals surface area (Å²) in [6.45, 7) is 1.81. The molecule has 22 heavy (non-hydrogen) atoms. The Hall–Kier alpha value is -2.02. The molecule has 0 saturated carbocycles. The van der Waals surface area contributed by atoms with Crippen LogP contribution in [0, 0.1) is 6.92 Å². The van der Waals surface area contributed by atoms with Gasteiger partial charge < -0.3 is 4.18 Å². The molecule has 0 atom stereocenters. The molecule has 0 fully saturated rings. The van der Waals surface area contributed by atoms with Gasteiger partial charge in [-0.2, -0.15) is 21.6 Å². The summed E-state index contributed by atoms with van der Waals surface area (Å²) < 4.78 is 66.4. The molecule has 0 N–H and O–H groups in total. The van der Waals surface area contributed by atoms with Gasteiger partial charge in [-0.15, -0.1) is 0 Å². The van der Waals surface area contributed by atoms with Crippen LogP contribution in [-0.4, -0.2) is 8.42 Å². The summed E-state index contributed by atoms with van der Waals surface area (Å²) in [6.07, 6.45) is -4.56. The van der Waals surface area contributed by atoms with Crippen molar-refractivity contribution >= 4 is 10.1 Å². The molecule has 2 aromatic rings. The Bertz CT molecular complexity index is 768. The topological polar surface area (TPSA) is 43.4 Å². The number of hydrogen-bond acceptors (Lipinski definition) is 3. The molecule has 2 aromatic carbocycles. The van der Waals surface area contributed by atoms with Gasteiger partial charge in [0.2, 0.25) is 0 Å². The molecule has 0 saturated heterocycles. The lowest BCUT2D eigenvalue weighted by molar-refractivity contribution is -0.137. The van der Waals surface area contributed by atoms with E-state index in [1.807, 2.05) is 13.0 Å². The van der Waals surface area contributed by atoms with Crippen molar-refractivity contribution in [3.63, 3.8) is 0 Å². The monoisotopic (exact) mass is 330 g/mol. The average molecular weight is 330 g/mol. The van der Waals surface area contributed by atoms with Crippen molar-refractivity contribution < 1.29 is 25.8 Å². The minimum atomic E-state index is -4.56. The van der Waals surface area contributed by atoms with Gasteiger partial charge in [0.05, 0.1) is 5.56 Å². The average Bonchev–Trinajstić information content (AvgIpc) is 2.36. The number of rotatable bonds is 4. The fourth-order valence-electron chi connectivity index (χ4n) is 1.91. The van der Waals surface area contributed by atoms with E-state index >= 15 is 0 Å². The molecule has 0 bridgehead atoms. The Morgan fingerprint density at radius 2 is 1.73 bits per heavy atom. The van der Waals surface area contributed by atoms with Gasteiger partial charge in [-0.25, -0.2) is 0 Å². The third-order valence-electron chi connectivity index (χ3n) is 2.81. The third-order valence-corrected chi connectivity index (χ3v) is 3.94. The summed E-state index contributed by atoms with van der Waals surface area (Å²) in [5.74, 6) is -0.771. The third kappa shape index (κ3) is 4.49. The van der Waals surface area contributed by atoms with Crippen molar-refractivity contribution in [3.8, 4) is 5.75 Å². The highest BCUT2D eigenvalue weighted by Crippen LogP contribution is 2.31. The van der Waals surface area contributed by atoms with Gasteiger partial charge >= 0.3 is 16.3 Å². The van der Waals surface area contributed by atoms with Gasteiger partial charge in [0.25, 0.3) is 0 Å². The molecule has 0 aliphatic heterocycles. The number of aryl methyl sites for hydroxylation is 1. The first-order chi connectivity index (χ1) is 10.2. The van der Waals surface area contributed by atoms with Gasteiger partial charge in [0.1, 0.15) is 11.5 Å². The number of hydrogen-bond donors (Lipinski definition) is 0. The van der Waals surface area contributed by atoms with E-state index in [1.54, 1.807) is 18.2 Å². The van der Waals surface area contributed by atoms with Crippen LogP contribution in [0.3, 0.4) is 0 Å². The van der Waals surface area contributed by atoms with Gasteiger partial charge in [-0.05, 0) is 30.7 Å². The van der Waals surface area contributed by atoms with Gasteiger partial charge in [-0.1, -0.05) is 35.9 Å². The van der Waals surface area contributed by atoms with E-state index in [4.69, 9.17) is 4.18 Å². The van der Waals surface area contributed by atoms with Crippen molar-refractivity contribution in [1.29, 1.82) is 0 Å². The molecule has 0 aliphatic carbocycles. The summed E-state index contributed by atoms with van der Waals surface area (Å²) in [6, 6.07) is 10.6. The predicted molar refractivity (Wildman–Crippen MR) is 75.9 cm³/mol. The minimum Gasteiger partial charge on any atom is -0.382 e. The smallest absolute Gasteiger partial charge is 0.382 e. The predicted octanol–water partition coefficient (Wildman–Crippen LogP) is 3.92. The van der Waals surface area contributed by atoms with Crippen LogP contribution in [0.1, 0.15) is 16.7 Å². The van der Waals surface area contributed by atoms with Crippen LogP contribution in [0.4, 0.5) is 13.2 Å².